The number of hydrogen-bond acceptors (Lipinski definition) is 1. The van der Waals surface area contributed by atoms with E-state index < -0.39 is 0 Å². The lowest BCUT2D eigenvalue weighted by molar-refractivity contribution is 1.32. The van der Waals surface area contributed by atoms with E-state index >= 15 is 0 Å². The topological polar surface area (TPSA) is 28.7 Å². The van der Waals surface area contributed by atoms with E-state index in [9.17, 15) is 0 Å². The van der Waals surface area contributed by atoms with Crippen LogP contribution in [0.4, 0.5) is 0 Å². The smallest absolute Gasteiger partial charge is 0.174 e. The number of hydrogen-bond donors (Lipinski definition) is 1. The maximum absolute atomic E-state index is 3.96. The number of aromatic nitrogens is 2. The molecular formula is C7H4BrN2. The fourth-order valence-corrected chi connectivity index (χ4v) is 1.22. The molecule has 0 fully saturated rings. The van der Waals surface area contributed by atoms with Crippen LogP contribution >= 0.6 is 15.9 Å². The summed E-state index contributed by atoms with van der Waals surface area (Å²) in [4.78, 5) is 6.85. The third kappa shape index (κ3) is 0.827. The van der Waals surface area contributed by atoms with Crippen LogP contribution in [0.3, 0.4) is 0 Å². The first-order valence-corrected chi connectivity index (χ1v) is 3.67. The molecule has 49 valence electrons. The number of benzene rings is 1. The lowest BCUT2D eigenvalue weighted by atomic mass is 10.3. The number of nitrogens with one attached hydrogen (secondary N) is 1. The Morgan fingerprint density at radius 1 is 1.50 bits per heavy atom. The second kappa shape index (κ2) is 2.09. The van der Waals surface area contributed by atoms with E-state index in [1.807, 2.05) is 18.2 Å². The zero-order valence-corrected chi connectivity index (χ0v) is 6.64. The van der Waals surface area contributed by atoms with Crippen molar-refractivity contribution in [1.82, 2.24) is 9.97 Å². The number of imidazole rings is 1. The minimum absolute atomic E-state index is 0.947. The highest BCUT2D eigenvalue weighted by atomic mass is 79.9. The molecule has 0 aliphatic rings. The summed E-state index contributed by atoms with van der Waals surface area (Å²) in [7, 11) is 0. The second-order valence-corrected chi connectivity index (χ2v) is 2.93. The van der Waals surface area contributed by atoms with Crippen molar-refractivity contribution in [2.24, 2.45) is 0 Å². The number of fused-ring (bicyclic) bond motifs is 1. The van der Waals surface area contributed by atoms with Crippen molar-refractivity contribution in [1.29, 1.82) is 0 Å². The molecule has 0 aliphatic carbocycles. The van der Waals surface area contributed by atoms with Gasteiger partial charge in [-0.05, 0) is 18.2 Å². The molecule has 1 radical (unpaired) electrons. The Balaban J connectivity index is 2.86. The van der Waals surface area contributed by atoms with Gasteiger partial charge in [-0.2, -0.15) is 0 Å². The molecular weight excluding hydrogens is 192 g/mol. The van der Waals surface area contributed by atoms with Crippen molar-refractivity contribution in [3.05, 3.63) is 29.0 Å². The Morgan fingerprint density at radius 3 is 3.30 bits per heavy atom. The molecule has 3 heteroatoms. The molecule has 2 nitrogen and oxygen atoms in total. The van der Waals surface area contributed by atoms with Gasteiger partial charge in [0.15, 0.2) is 6.33 Å². The van der Waals surface area contributed by atoms with Crippen molar-refractivity contribution in [2.45, 2.75) is 0 Å². The fraction of sp³-hybridized carbons (Fsp3) is 0. The molecule has 0 saturated carbocycles. The molecule has 0 atom stereocenters. The molecule has 0 amide bonds. The third-order valence-electron chi connectivity index (χ3n) is 1.33. The predicted molar refractivity (Wildman–Crippen MR) is 42.6 cm³/mol. The minimum Gasteiger partial charge on any atom is -0.335 e. The molecule has 1 N–H and O–H groups in total. The summed E-state index contributed by atoms with van der Waals surface area (Å²) in [5, 5.41) is 0. The van der Waals surface area contributed by atoms with Crippen LogP contribution in [0.1, 0.15) is 0 Å². The number of rotatable bonds is 0. The fourth-order valence-electron chi connectivity index (χ4n) is 0.854. The summed E-state index contributed by atoms with van der Waals surface area (Å²) in [5.41, 5.74) is 1.96. The van der Waals surface area contributed by atoms with Crippen LogP contribution in [0.2, 0.25) is 0 Å². The monoisotopic (exact) mass is 195 g/mol. The quantitative estimate of drug-likeness (QED) is 0.686. The highest BCUT2D eigenvalue weighted by Crippen LogP contribution is 2.15. The molecule has 1 aromatic heterocycles. The molecule has 2 rings (SSSR count). The van der Waals surface area contributed by atoms with Crippen LogP contribution in [0, 0.1) is 6.33 Å². The molecule has 1 heterocycles. The van der Waals surface area contributed by atoms with Crippen LogP contribution in [0.15, 0.2) is 22.7 Å². The van der Waals surface area contributed by atoms with E-state index in [1.165, 1.54) is 0 Å². The van der Waals surface area contributed by atoms with Gasteiger partial charge in [-0.1, -0.05) is 15.9 Å². The van der Waals surface area contributed by atoms with Gasteiger partial charge in [0.1, 0.15) is 0 Å². The van der Waals surface area contributed by atoms with E-state index in [1.54, 1.807) is 0 Å². The lowest BCUT2D eigenvalue weighted by Gasteiger charge is -1.87. The first-order chi connectivity index (χ1) is 4.86. The zero-order valence-electron chi connectivity index (χ0n) is 5.06. The largest absolute Gasteiger partial charge is 0.335 e. The Labute approximate surface area is 66.4 Å². The summed E-state index contributed by atoms with van der Waals surface area (Å²) in [6.07, 6.45) is 2.67. The van der Waals surface area contributed by atoms with Crippen molar-refractivity contribution in [3.63, 3.8) is 0 Å². The van der Waals surface area contributed by atoms with Gasteiger partial charge in [0.05, 0.1) is 11.0 Å². The number of halogens is 1. The van der Waals surface area contributed by atoms with Gasteiger partial charge in [-0.15, -0.1) is 0 Å². The van der Waals surface area contributed by atoms with Crippen molar-refractivity contribution in [3.8, 4) is 0 Å². The van der Waals surface area contributed by atoms with Crippen LogP contribution in [-0.4, -0.2) is 9.97 Å². The predicted octanol–water partition coefficient (Wildman–Crippen LogP) is 2.13. The van der Waals surface area contributed by atoms with Gasteiger partial charge in [0.2, 0.25) is 0 Å². The van der Waals surface area contributed by atoms with Crippen molar-refractivity contribution < 1.29 is 0 Å². The van der Waals surface area contributed by atoms with Crippen molar-refractivity contribution in [2.75, 3.05) is 0 Å². The average molecular weight is 196 g/mol. The van der Waals surface area contributed by atoms with E-state index in [4.69, 9.17) is 0 Å². The molecule has 1 aromatic carbocycles. The van der Waals surface area contributed by atoms with Crippen LogP contribution in [0.25, 0.3) is 11.0 Å². The first kappa shape index (κ1) is 5.92. The van der Waals surface area contributed by atoms with Gasteiger partial charge in [0.25, 0.3) is 0 Å². The van der Waals surface area contributed by atoms with E-state index in [0.717, 1.165) is 15.5 Å². The van der Waals surface area contributed by atoms with Gasteiger partial charge < -0.3 is 4.98 Å². The molecule has 0 aliphatic heterocycles. The number of aromatic amines is 1. The Morgan fingerprint density at radius 2 is 2.40 bits per heavy atom. The lowest BCUT2D eigenvalue weighted by Crippen LogP contribution is -1.67. The van der Waals surface area contributed by atoms with Gasteiger partial charge in [0, 0.05) is 4.47 Å². The molecule has 0 spiro atoms. The number of nitrogens with zero attached hydrogens (tertiary/aromatic N) is 1. The SMILES string of the molecule is Brc1ccc2n[c][nH]c2c1. The normalized spacial score (nSPS) is 10.5. The maximum atomic E-state index is 3.96. The Bertz CT molecular complexity index is 353. The highest BCUT2D eigenvalue weighted by Gasteiger charge is 1.94. The molecule has 0 bridgehead atoms. The summed E-state index contributed by atoms with van der Waals surface area (Å²) in [6, 6.07) is 5.86. The van der Waals surface area contributed by atoms with Gasteiger partial charge in [-0.3, -0.25) is 0 Å². The summed E-state index contributed by atoms with van der Waals surface area (Å²) in [5.74, 6) is 0. The highest BCUT2D eigenvalue weighted by molar-refractivity contribution is 9.10. The van der Waals surface area contributed by atoms with Crippen LogP contribution in [-0.2, 0) is 0 Å². The van der Waals surface area contributed by atoms with Gasteiger partial charge in [-0.25, -0.2) is 4.98 Å². The molecule has 10 heavy (non-hydrogen) atoms. The molecule has 2 aromatic rings. The summed E-state index contributed by atoms with van der Waals surface area (Å²) in [6.45, 7) is 0. The molecule has 0 unspecified atom stereocenters. The third-order valence-corrected chi connectivity index (χ3v) is 1.82. The van der Waals surface area contributed by atoms with E-state index in [0.29, 0.717) is 0 Å². The van der Waals surface area contributed by atoms with Gasteiger partial charge >= 0.3 is 0 Å². The first-order valence-electron chi connectivity index (χ1n) is 2.87. The molecule has 0 saturated heterocycles. The van der Waals surface area contributed by atoms with E-state index in [2.05, 4.69) is 32.2 Å². The van der Waals surface area contributed by atoms with E-state index in [-0.39, 0.29) is 0 Å². The summed E-state index contributed by atoms with van der Waals surface area (Å²) < 4.78 is 1.05. The Hall–Kier alpha value is -0.830. The average Bonchev–Trinajstić information content (AvgIpc) is 2.33. The number of H-pyrrole nitrogens is 1. The zero-order chi connectivity index (χ0) is 6.97. The maximum Gasteiger partial charge on any atom is 0.174 e. The minimum atomic E-state index is 0.947. The second-order valence-electron chi connectivity index (χ2n) is 2.01. The van der Waals surface area contributed by atoms with Crippen LogP contribution < -0.4 is 0 Å². The Kier molecular flexibility index (Phi) is 1.24. The standard InChI is InChI=1S/C7H4BrN2/c8-5-1-2-6-7(3-5)10-4-9-6/h1-3H,(H,9,10). The summed E-state index contributed by atoms with van der Waals surface area (Å²) >= 11 is 3.36. The van der Waals surface area contributed by atoms with Crippen molar-refractivity contribution >= 4 is 27.0 Å². The van der Waals surface area contributed by atoms with Crippen LogP contribution in [0.5, 0.6) is 0 Å².